The van der Waals surface area contributed by atoms with E-state index in [0.29, 0.717) is 10.7 Å². The summed E-state index contributed by atoms with van der Waals surface area (Å²) in [6.07, 6.45) is 0. The highest BCUT2D eigenvalue weighted by Gasteiger charge is 2.05. The second-order valence-electron chi connectivity index (χ2n) is 3.47. The second-order valence-corrected chi connectivity index (χ2v) is 4.31. The molecule has 0 atom stereocenters. The lowest BCUT2D eigenvalue weighted by molar-refractivity contribution is 1.61. The molecule has 2 aromatic carbocycles. The minimum absolute atomic E-state index is 0.605. The zero-order valence-corrected chi connectivity index (χ0v) is 10.1. The fourth-order valence-electron chi connectivity index (χ4n) is 1.50. The van der Waals surface area contributed by atoms with Crippen LogP contribution in [0.25, 0.3) is 0 Å². The molecule has 0 heterocycles. The van der Waals surface area contributed by atoms with Crippen molar-refractivity contribution in [2.24, 2.45) is 0 Å². The summed E-state index contributed by atoms with van der Waals surface area (Å²) in [6, 6.07) is 15.2. The van der Waals surface area contributed by atoms with Gasteiger partial charge in [0, 0.05) is 10.7 Å². The molecular formula is C13H10ClNS. The molecule has 0 saturated carbocycles. The number of benzene rings is 2. The van der Waals surface area contributed by atoms with Gasteiger partial charge >= 0.3 is 0 Å². The summed E-state index contributed by atoms with van der Waals surface area (Å²) >= 11 is 11.3. The molecule has 0 radical (unpaired) electrons. The van der Waals surface area contributed by atoms with Crippen LogP contribution in [0.4, 0.5) is 5.69 Å². The number of hydrogen-bond donors (Lipinski definition) is 1. The molecule has 80 valence electrons. The van der Waals surface area contributed by atoms with E-state index >= 15 is 0 Å². The van der Waals surface area contributed by atoms with Gasteiger partial charge in [-0.25, -0.2) is 0 Å². The van der Waals surface area contributed by atoms with Crippen molar-refractivity contribution in [1.29, 1.82) is 0 Å². The summed E-state index contributed by atoms with van der Waals surface area (Å²) in [5.41, 5.74) is 8.24. The molecule has 0 aliphatic heterocycles. The number of halogens is 1. The zero-order valence-electron chi connectivity index (χ0n) is 8.48. The van der Waals surface area contributed by atoms with Crippen LogP contribution in [0, 0.1) is 0 Å². The number of nitrogen functional groups attached to an aromatic ring is 1. The minimum Gasteiger partial charge on any atom is -0.399 e. The van der Waals surface area contributed by atoms with E-state index in [2.05, 4.69) is 0 Å². The Kier molecular flexibility index (Phi) is 3.22. The van der Waals surface area contributed by atoms with Gasteiger partial charge in [-0.15, -0.1) is 0 Å². The third kappa shape index (κ3) is 2.40. The SMILES string of the molecule is Nc1cc(Cl)cc(C(=S)c2ccccc2)c1. The number of anilines is 1. The Morgan fingerprint density at radius 3 is 2.31 bits per heavy atom. The molecule has 0 unspecified atom stereocenters. The fourth-order valence-corrected chi connectivity index (χ4v) is 2.00. The zero-order chi connectivity index (χ0) is 11.5. The van der Waals surface area contributed by atoms with E-state index in [1.165, 1.54) is 0 Å². The van der Waals surface area contributed by atoms with E-state index in [9.17, 15) is 0 Å². The highest BCUT2D eigenvalue weighted by atomic mass is 35.5. The van der Waals surface area contributed by atoms with Gasteiger partial charge < -0.3 is 5.73 Å². The van der Waals surface area contributed by atoms with Gasteiger partial charge in [0.25, 0.3) is 0 Å². The molecule has 0 spiro atoms. The molecule has 0 bridgehead atoms. The standard InChI is InChI=1S/C13H10ClNS/c14-11-6-10(7-12(15)8-11)13(16)9-4-2-1-3-5-9/h1-8H,15H2. The molecule has 1 nitrogen and oxygen atoms in total. The smallest absolute Gasteiger partial charge is 0.0523 e. The third-order valence-corrected chi connectivity index (χ3v) is 2.91. The Balaban J connectivity index is 2.42. The maximum absolute atomic E-state index is 5.94. The Morgan fingerprint density at radius 1 is 1.00 bits per heavy atom. The molecule has 0 amide bonds. The van der Waals surface area contributed by atoms with Crippen LogP contribution in [0.2, 0.25) is 5.02 Å². The topological polar surface area (TPSA) is 26.0 Å². The lowest BCUT2D eigenvalue weighted by Gasteiger charge is -2.06. The maximum Gasteiger partial charge on any atom is 0.0523 e. The molecule has 2 rings (SSSR count). The summed E-state index contributed by atoms with van der Waals surface area (Å²) in [4.78, 5) is 0.759. The molecule has 0 fully saturated rings. The molecule has 3 heteroatoms. The number of nitrogens with two attached hydrogens (primary N) is 1. The van der Waals surface area contributed by atoms with Gasteiger partial charge in [-0.3, -0.25) is 0 Å². The Labute approximate surface area is 105 Å². The summed E-state index contributed by atoms with van der Waals surface area (Å²) in [7, 11) is 0. The summed E-state index contributed by atoms with van der Waals surface area (Å²) in [5, 5.41) is 0.605. The van der Waals surface area contributed by atoms with Crippen molar-refractivity contribution in [2.45, 2.75) is 0 Å². The highest BCUT2D eigenvalue weighted by molar-refractivity contribution is 7.81. The molecular weight excluding hydrogens is 238 g/mol. The summed E-state index contributed by atoms with van der Waals surface area (Å²) in [6.45, 7) is 0. The largest absolute Gasteiger partial charge is 0.399 e. The molecule has 2 aromatic rings. The van der Waals surface area contributed by atoms with Gasteiger partial charge in [0.2, 0.25) is 0 Å². The van der Waals surface area contributed by atoms with Crippen molar-refractivity contribution in [3.05, 3.63) is 64.7 Å². The van der Waals surface area contributed by atoms with Crippen LogP contribution in [0.15, 0.2) is 48.5 Å². The van der Waals surface area contributed by atoms with Crippen molar-refractivity contribution >= 4 is 34.4 Å². The van der Waals surface area contributed by atoms with Crippen LogP contribution in [0.3, 0.4) is 0 Å². The minimum atomic E-state index is 0.605. The predicted molar refractivity (Wildman–Crippen MR) is 73.1 cm³/mol. The lowest BCUT2D eigenvalue weighted by Crippen LogP contribution is -2.00. The molecule has 0 aliphatic rings. The van der Waals surface area contributed by atoms with E-state index in [0.717, 1.165) is 16.0 Å². The predicted octanol–water partition coefficient (Wildman–Crippen LogP) is 3.69. The molecule has 16 heavy (non-hydrogen) atoms. The van der Waals surface area contributed by atoms with Crippen molar-refractivity contribution in [3.8, 4) is 0 Å². The normalized spacial score (nSPS) is 10.1. The van der Waals surface area contributed by atoms with Crippen molar-refractivity contribution in [2.75, 3.05) is 5.73 Å². The maximum atomic E-state index is 5.94. The van der Waals surface area contributed by atoms with E-state index in [1.54, 1.807) is 6.07 Å². The molecule has 2 N–H and O–H groups in total. The molecule has 0 aliphatic carbocycles. The first-order valence-electron chi connectivity index (χ1n) is 4.82. The Morgan fingerprint density at radius 2 is 1.69 bits per heavy atom. The van der Waals surface area contributed by atoms with E-state index < -0.39 is 0 Å². The van der Waals surface area contributed by atoms with Crippen LogP contribution in [-0.4, -0.2) is 4.86 Å². The third-order valence-electron chi connectivity index (χ3n) is 2.22. The quantitative estimate of drug-likeness (QED) is 0.498. The summed E-state index contributed by atoms with van der Waals surface area (Å²) < 4.78 is 0. The van der Waals surface area contributed by atoms with Gasteiger partial charge in [0.1, 0.15) is 0 Å². The Hall–Kier alpha value is -1.38. The lowest BCUT2D eigenvalue weighted by atomic mass is 10.0. The van der Waals surface area contributed by atoms with E-state index in [1.807, 2.05) is 42.5 Å². The first-order valence-corrected chi connectivity index (χ1v) is 5.61. The fraction of sp³-hybridized carbons (Fsp3) is 0. The van der Waals surface area contributed by atoms with Crippen molar-refractivity contribution in [3.63, 3.8) is 0 Å². The number of rotatable bonds is 2. The highest BCUT2D eigenvalue weighted by Crippen LogP contribution is 2.19. The van der Waals surface area contributed by atoms with Gasteiger partial charge in [0.05, 0.1) is 4.86 Å². The van der Waals surface area contributed by atoms with Gasteiger partial charge in [0.15, 0.2) is 0 Å². The first-order chi connectivity index (χ1) is 7.66. The molecule has 0 saturated heterocycles. The number of thiocarbonyl (C=S) groups is 1. The van der Waals surface area contributed by atoms with Crippen LogP contribution in [-0.2, 0) is 0 Å². The van der Waals surface area contributed by atoms with Crippen LogP contribution in [0.1, 0.15) is 11.1 Å². The van der Waals surface area contributed by atoms with Gasteiger partial charge in [-0.05, 0) is 29.3 Å². The van der Waals surface area contributed by atoms with Crippen LogP contribution >= 0.6 is 23.8 Å². The second kappa shape index (κ2) is 4.64. The van der Waals surface area contributed by atoms with Gasteiger partial charge in [-0.2, -0.15) is 0 Å². The molecule has 0 aromatic heterocycles. The van der Waals surface area contributed by atoms with E-state index in [4.69, 9.17) is 29.6 Å². The van der Waals surface area contributed by atoms with Crippen LogP contribution < -0.4 is 5.73 Å². The summed E-state index contributed by atoms with van der Waals surface area (Å²) in [5.74, 6) is 0. The average molecular weight is 248 g/mol. The Bertz CT molecular complexity index is 502. The first kappa shape index (κ1) is 11.1. The van der Waals surface area contributed by atoms with Gasteiger partial charge in [-0.1, -0.05) is 54.2 Å². The van der Waals surface area contributed by atoms with Crippen molar-refractivity contribution in [1.82, 2.24) is 0 Å². The van der Waals surface area contributed by atoms with Crippen LogP contribution in [0.5, 0.6) is 0 Å². The number of hydrogen-bond acceptors (Lipinski definition) is 2. The monoisotopic (exact) mass is 247 g/mol. The van der Waals surface area contributed by atoms with Crippen molar-refractivity contribution < 1.29 is 0 Å². The average Bonchev–Trinajstić information content (AvgIpc) is 2.28. The van der Waals surface area contributed by atoms with E-state index in [-0.39, 0.29) is 0 Å².